The van der Waals surface area contributed by atoms with E-state index in [9.17, 15) is 0 Å². The molecule has 0 saturated heterocycles. The monoisotopic (exact) mass is 152 g/mol. The molecule has 2 unspecified atom stereocenters. The summed E-state index contributed by atoms with van der Waals surface area (Å²) in [5.41, 5.74) is 0. The maximum absolute atomic E-state index is 5.68. The minimum atomic E-state index is 0.0833. The lowest BCUT2D eigenvalue weighted by Gasteiger charge is -2.09. The number of hydrogen-bond donors (Lipinski definition) is 0. The third-order valence-electron chi connectivity index (χ3n) is 1.18. The first kappa shape index (κ1) is 8.32. The summed E-state index contributed by atoms with van der Waals surface area (Å²) >= 11 is 11.2. The molecule has 48 valence electrons. The number of halogens is 2. The fourth-order valence-electron chi connectivity index (χ4n) is 0.249. The Bertz CT molecular complexity index is 86.5. The lowest BCUT2D eigenvalue weighted by Crippen LogP contribution is -2.05. The van der Waals surface area contributed by atoms with Crippen LogP contribution in [0.2, 0.25) is 0 Å². The Morgan fingerprint density at radius 1 is 1.50 bits per heavy atom. The van der Waals surface area contributed by atoms with Gasteiger partial charge in [-0.2, -0.15) is 0 Å². The Kier molecular flexibility index (Phi) is 3.50. The number of hydrogen-bond acceptors (Lipinski definition) is 0. The Hall–Kier alpha value is 0.320. The molecule has 0 aromatic carbocycles. The normalized spacial score (nSPS) is 17.5. The van der Waals surface area contributed by atoms with Gasteiger partial charge in [-0.3, -0.25) is 0 Å². The van der Waals surface area contributed by atoms with Gasteiger partial charge in [-0.1, -0.05) is 25.1 Å². The van der Waals surface area contributed by atoms with E-state index >= 15 is 0 Å². The van der Waals surface area contributed by atoms with Gasteiger partial charge in [0.05, 0.1) is 0 Å². The summed E-state index contributed by atoms with van der Waals surface area (Å²) in [4.78, 5) is 0. The summed E-state index contributed by atoms with van der Waals surface area (Å²) in [6.45, 7) is 7.41. The van der Waals surface area contributed by atoms with Gasteiger partial charge in [0.2, 0.25) is 0 Å². The van der Waals surface area contributed by atoms with E-state index in [1.807, 2.05) is 13.8 Å². The quantitative estimate of drug-likeness (QED) is 0.535. The fraction of sp³-hybridized carbons (Fsp3) is 0.667. The molecule has 0 fully saturated rings. The highest BCUT2D eigenvalue weighted by Gasteiger charge is 2.09. The molecule has 0 spiro atoms. The van der Waals surface area contributed by atoms with Crippen LogP contribution in [-0.4, -0.2) is 5.38 Å². The Balaban J connectivity index is 3.64. The van der Waals surface area contributed by atoms with Gasteiger partial charge in [0.1, 0.15) is 0 Å². The molecule has 2 heteroatoms. The Labute approximate surface area is 60.5 Å². The number of allylic oxidation sites excluding steroid dienone is 1. The summed E-state index contributed by atoms with van der Waals surface area (Å²) in [5.74, 6) is 0.207. The zero-order valence-electron chi connectivity index (χ0n) is 5.12. The van der Waals surface area contributed by atoms with E-state index in [1.165, 1.54) is 0 Å². The zero-order chi connectivity index (χ0) is 6.73. The van der Waals surface area contributed by atoms with Crippen LogP contribution in [0.4, 0.5) is 0 Å². The summed E-state index contributed by atoms with van der Waals surface area (Å²) in [5, 5.41) is 0.715. The van der Waals surface area contributed by atoms with Crippen molar-refractivity contribution in [3.63, 3.8) is 0 Å². The van der Waals surface area contributed by atoms with E-state index in [2.05, 4.69) is 6.58 Å². The van der Waals surface area contributed by atoms with Crippen LogP contribution in [0.25, 0.3) is 0 Å². The van der Waals surface area contributed by atoms with Gasteiger partial charge in [-0.25, -0.2) is 0 Å². The topological polar surface area (TPSA) is 0 Å². The van der Waals surface area contributed by atoms with Crippen LogP contribution in [-0.2, 0) is 0 Å². The van der Waals surface area contributed by atoms with Gasteiger partial charge in [-0.05, 0) is 6.92 Å². The molecule has 0 nitrogen and oxygen atoms in total. The van der Waals surface area contributed by atoms with Crippen molar-refractivity contribution < 1.29 is 0 Å². The van der Waals surface area contributed by atoms with Crippen LogP contribution < -0.4 is 0 Å². The average Bonchev–Trinajstić information content (AvgIpc) is 1.64. The van der Waals surface area contributed by atoms with Crippen molar-refractivity contribution >= 4 is 23.2 Å². The Morgan fingerprint density at radius 3 is 1.88 bits per heavy atom. The SMILES string of the molecule is C=C(Cl)C(C)C(C)Cl. The van der Waals surface area contributed by atoms with Crippen molar-refractivity contribution in [1.82, 2.24) is 0 Å². The highest BCUT2D eigenvalue weighted by molar-refractivity contribution is 6.30. The summed E-state index contributed by atoms with van der Waals surface area (Å²) in [7, 11) is 0. The van der Waals surface area contributed by atoms with Gasteiger partial charge in [0.25, 0.3) is 0 Å². The lowest BCUT2D eigenvalue weighted by atomic mass is 10.1. The molecule has 0 heterocycles. The van der Waals surface area contributed by atoms with E-state index in [0.717, 1.165) is 0 Å². The lowest BCUT2D eigenvalue weighted by molar-refractivity contribution is 0.696. The number of rotatable bonds is 2. The third-order valence-corrected chi connectivity index (χ3v) is 1.91. The summed E-state index contributed by atoms with van der Waals surface area (Å²) in [6.07, 6.45) is 0. The molecule has 0 rings (SSSR count). The molecule has 0 radical (unpaired) electrons. The van der Waals surface area contributed by atoms with E-state index in [4.69, 9.17) is 23.2 Å². The van der Waals surface area contributed by atoms with Gasteiger partial charge >= 0.3 is 0 Å². The standard InChI is InChI=1S/C6H10Cl2/c1-4(5(2)7)6(3)8/h4,6H,2H2,1,3H3. The summed E-state index contributed by atoms with van der Waals surface area (Å²) in [6, 6.07) is 0. The minimum Gasteiger partial charge on any atom is -0.123 e. The molecule has 8 heavy (non-hydrogen) atoms. The zero-order valence-corrected chi connectivity index (χ0v) is 6.63. The molecule has 2 atom stereocenters. The Morgan fingerprint density at radius 2 is 1.88 bits per heavy atom. The minimum absolute atomic E-state index is 0.0833. The molecule has 0 aromatic rings. The molecule has 0 aromatic heterocycles. The first-order valence-corrected chi connectivity index (χ1v) is 3.35. The van der Waals surface area contributed by atoms with E-state index in [-0.39, 0.29) is 11.3 Å². The smallest absolute Gasteiger partial charge is 0.0382 e. The summed E-state index contributed by atoms with van der Waals surface area (Å²) < 4.78 is 0. The van der Waals surface area contributed by atoms with Crippen molar-refractivity contribution in [1.29, 1.82) is 0 Å². The second-order valence-electron chi connectivity index (χ2n) is 1.91. The highest BCUT2D eigenvalue weighted by atomic mass is 35.5. The molecule has 0 saturated carbocycles. The van der Waals surface area contributed by atoms with E-state index in [0.29, 0.717) is 5.03 Å². The predicted molar refractivity (Wildman–Crippen MR) is 39.5 cm³/mol. The highest BCUT2D eigenvalue weighted by Crippen LogP contribution is 2.19. The molecule has 0 aliphatic rings. The molecule has 0 amide bonds. The molecular formula is C6H10Cl2. The second kappa shape index (κ2) is 3.37. The van der Waals surface area contributed by atoms with Crippen LogP contribution in [0.5, 0.6) is 0 Å². The largest absolute Gasteiger partial charge is 0.123 e. The van der Waals surface area contributed by atoms with Crippen LogP contribution in [0.15, 0.2) is 11.6 Å². The van der Waals surface area contributed by atoms with Crippen molar-refractivity contribution in [3.8, 4) is 0 Å². The van der Waals surface area contributed by atoms with Gasteiger partial charge in [0, 0.05) is 16.3 Å². The van der Waals surface area contributed by atoms with Crippen LogP contribution in [0, 0.1) is 5.92 Å². The second-order valence-corrected chi connectivity index (χ2v) is 3.09. The van der Waals surface area contributed by atoms with E-state index < -0.39 is 0 Å². The van der Waals surface area contributed by atoms with Crippen LogP contribution >= 0.6 is 23.2 Å². The molecule has 0 aliphatic heterocycles. The van der Waals surface area contributed by atoms with Crippen molar-refractivity contribution in [2.75, 3.05) is 0 Å². The number of alkyl halides is 1. The van der Waals surface area contributed by atoms with Gasteiger partial charge in [-0.15, -0.1) is 11.6 Å². The van der Waals surface area contributed by atoms with Crippen LogP contribution in [0.1, 0.15) is 13.8 Å². The molecular weight excluding hydrogens is 143 g/mol. The van der Waals surface area contributed by atoms with Gasteiger partial charge in [0.15, 0.2) is 0 Å². The van der Waals surface area contributed by atoms with Crippen LogP contribution in [0.3, 0.4) is 0 Å². The predicted octanol–water partition coefficient (Wildman–Crippen LogP) is 3.00. The fourth-order valence-corrected chi connectivity index (χ4v) is 0.655. The maximum Gasteiger partial charge on any atom is 0.0382 e. The first-order chi connectivity index (χ1) is 3.55. The van der Waals surface area contributed by atoms with E-state index in [1.54, 1.807) is 0 Å². The van der Waals surface area contributed by atoms with Crippen molar-refractivity contribution in [3.05, 3.63) is 11.6 Å². The van der Waals surface area contributed by atoms with Crippen molar-refractivity contribution in [2.24, 2.45) is 5.92 Å². The molecule has 0 bridgehead atoms. The van der Waals surface area contributed by atoms with Gasteiger partial charge < -0.3 is 0 Å². The first-order valence-electron chi connectivity index (χ1n) is 2.54. The third kappa shape index (κ3) is 2.58. The molecule has 0 aliphatic carbocycles. The van der Waals surface area contributed by atoms with Crippen molar-refractivity contribution in [2.45, 2.75) is 19.2 Å². The maximum atomic E-state index is 5.68. The average molecular weight is 153 g/mol. The molecule has 0 N–H and O–H groups in total.